The standard InChI is InChI=1S/C15H16ClN3O/c1-2-17-12-7-8-14(18-10-12)15(20)19-9-11-5-3-4-6-13(11)16/h3-8,10,17H,2,9H2,1H3,(H,19,20). The molecule has 0 saturated carbocycles. The van der Waals surface area contributed by atoms with Crippen molar-refractivity contribution in [3.8, 4) is 0 Å². The topological polar surface area (TPSA) is 54.0 Å². The highest BCUT2D eigenvalue weighted by Gasteiger charge is 2.07. The third-order valence-corrected chi connectivity index (χ3v) is 3.14. The Labute approximate surface area is 123 Å². The van der Waals surface area contributed by atoms with Gasteiger partial charge in [-0.25, -0.2) is 4.98 Å². The van der Waals surface area contributed by atoms with Crippen molar-refractivity contribution >= 4 is 23.2 Å². The van der Waals surface area contributed by atoms with Crippen molar-refractivity contribution in [1.29, 1.82) is 0 Å². The van der Waals surface area contributed by atoms with E-state index >= 15 is 0 Å². The van der Waals surface area contributed by atoms with Gasteiger partial charge in [0.05, 0.1) is 11.9 Å². The number of halogens is 1. The molecule has 0 aliphatic heterocycles. The molecule has 0 spiro atoms. The van der Waals surface area contributed by atoms with Gasteiger partial charge < -0.3 is 10.6 Å². The van der Waals surface area contributed by atoms with Gasteiger partial charge in [-0.1, -0.05) is 29.8 Å². The van der Waals surface area contributed by atoms with Gasteiger partial charge in [0.25, 0.3) is 5.91 Å². The van der Waals surface area contributed by atoms with Gasteiger partial charge in [-0.05, 0) is 30.7 Å². The maximum atomic E-state index is 12.0. The summed E-state index contributed by atoms with van der Waals surface area (Å²) in [4.78, 5) is 16.1. The molecule has 2 N–H and O–H groups in total. The fourth-order valence-electron chi connectivity index (χ4n) is 1.74. The number of rotatable bonds is 5. The van der Waals surface area contributed by atoms with Gasteiger partial charge in [0.1, 0.15) is 5.69 Å². The smallest absolute Gasteiger partial charge is 0.270 e. The molecule has 1 aromatic carbocycles. The largest absolute Gasteiger partial charge is 0.384 e. The number of nitrogens with one attached hydrogen (secondary N) is 2. The van der Waals surface area contributed by atoms with Crippen LogP contribution >= 0.6 is 11.6 Å². The molecule has 0 aliphatic carbocycles. The summed E-state index contributed by atoms with van der Waals surface area (Å²) in [6.07, 6.45) is 1.65. The quantitative estimate of drug-likeness (QED) is 0.889. The van der Waals surface area contributed by atoms with Crippen molar-refractivity contribution in [1.82, 2.24) is 10.3 Å². The average Bonchev–Trinajstić information content (AvgIpc) is 2.47. The zero-order valence-electron chi connectivity index (χ0n) is 11.2. The number of hydrogen-bond acceptors (Lipinski definition) is 3. The van der Waals surface area contributed by atoms with Gasteiger partial charge >= 0.3 is 0 Å². The fourth-order valence-corrected chi connectivity index (χ4v) is 1.95. The molecule has 2 rings (SSSR count). The fraction of sp³-hybridized carbons (Fsp3) is 0.200. The van der Waals surface area contributed by atoms with E-state index in [1.54, 1.807) is 18.3 Å². The summed E-state index contributed by atoms with van der Waals surface area (Å²) in [5, 5.41) is 6.57. The summed E-state index contributed by atoms with van der Waals surface area (Å²) in [5.41, 5.74) is 2.17. The second-order valence-electron chi connectivity index (χ2n) is 4.24. The molecule has 104 valence electrons. The molecule has 4 nitrogen and oxygen atoms in total. The third kappa shape index (κ3) is 3.71. The monoisotopic (exact) mass is 289 g/mol. The molecule has 2 aromatic rings. The zero-order chi connectivity index (χ0) is 14.4. The third-order valence-electron chi connectivity index (χ3n) is 2.77. The highest BCUT2D eigenvalue weighted by Crippen LogP contribution is 2.14. The Kier molecular flexibility index (Phi) is 4.96. The zero-order valence-corrected chi connectivity index (χ0v) is 11.9. The molecular formula is C15H16ClN3O. The molecule has 0 aliphatic rings. The minimum Gasteiger partial charge on any atom is -0.384 e. The van der Waals surface area contributed by atoms with Crippen molar-refractivity contribution in [3.63, 3.8) is 0 Å². The van der Waals surface area contributed by atoms with E-state index < -0.39 is 0 Å². The summed E-state index contributed by atoms with van der Waals surface area (Å²) >= 11 is 6.03. The van der Waals surface area contributed by atoms with E-state index in [0.717, 1.165) is 17.8 Å². The minimum atomic E-state index is -0.215. The lowest BCUT2D eigenvalue weighted by Gasteiger charge is -2.07. The number of anilines is 1. The Morgan fingerprint density at radius 1 is 1.25 bits per heavy atom. The normalized spacial score (nSPS) is 10.1. The summed E-state index contributed by atoms with van der Waals surface area (Å²) in [6, 6.07) is 10.9. The molecule has 20 heavy (non-hydrogen) atoms. The number of benzene rings is 1. The number of carbonyl (C=O) groups is 1. The van der Waals surface area contributed by atoms with Gasteiger partial charge in [-0.2, -0.15) is 0 Å². The molecular weight excluding hydrogens is 274 g/mol. The van der Waals surface area contributed by atoms with Crippen molar-refractivity contribution in [2.75, 3.05) is 11.9 Å². The molecule has 1 amide bonds. The number of pyridine rings is 1. The first-order valence-electron chi connectivity index (χ1n) is 6.42. The Bertz CT molecular complexity index is 584. The second kappa shape index (κ2) is 6.91. The first-order chi connectivity index (χ1) is 9.70. The van der Waals surface area contributed by atoms with Gasteiger partial charge in [0, 0.05) is 18.1 Å². The number of amides is 1. The van der Waals surface area contributed by atoms with E-state index in [4.69, 9.17) is 11.6 Å². The van der Waals surface area contributed by atoms with E-state index in [9.17, 15) is 4.79 Å². The highest BCUT2D eigenvalue weighted by atomic mass is 35.5. The average molecular weight is 290 g/mol. The summed E-state index contributed by atoms with van der Waals surface area (Å²) in [5.74, 6) is -0.215. The lowest BCUT2D eigenvalue weighted by atomic mass is 10.2. The summed E-state index contributed by atoms with van der Waals surface area (Å²) in [7, 11) is 0. The second-order valence-corrected chi connectivity index (χ2v) is 4.64. The van der Waals surface area contributed by atoms with Crippen molar-refractivity contribution in [2.45, 2.75) is 13.5 Å². The predicted octanol–water partition coefficient (Wildman–Crippen LogP) is 3.10. The lowest BCUT2D eigenvalue weighted by Crippen LogP contribution is -2.23. The van der Waals surface area contributed by atoms with E-state index in [2.05, 4.69) is 15.6 Å². The van der Waals surface area contributed by atoms with Crippen LogP contribution in [0.25, 0.3) is 0 Å². The van der Waals surface area contributed by atoms with E-state index in [1.165, 1.54) is 0 Å². The molecule has 0 atom stereocenters. The van der Waals surface area contributed by atoms with Crippen LogP contribution < -0.4 is 10.6 Å². The Balaban J connectivity index is 1.96. The Hall–Kier alpha value is -2.07. The SMILES string of the molecule is CCNc1ccc(C(=O)NCc2ccccc2Cl)nc1. The van der Waals surface area contributed by atoms with Crippen LogP contribution in [0.1, 0.15) is 23.0 Å². The van der Waals surface area contributed by atoms with E-state index in [0.29, 0.717) is 17.3 Å². The van der Waals surface area contributed by atoms with Gasteiger partial charge in [0.15, 0.2) is 0 Å². The van der Waals surface area contributed by atoms with Crippen LogP contribution in [0.4, 0.5) is 5.69 Å². The number of nitrogens with zero attached hydrogens (tertiary/aromatic N) is 1. The molecule has 1 heterocycles. The van der Waals surface area contributed by atoms with Crippen molar-refractivity contribution in [2.24, 2.45) is 0 Å². The lowest BCUT2D eigenvalue weighted by molar-refractivity contribution is 0.0946. The number of aromatic nitrogens is 1. The molecule has 0 radical (unpaired) electrons. The maximum absolute atomic E-state index is 12.0. The maximum Gasteiger partial charge on any atom is 0.270 e. The van der Waals surface area contributed by atoms with Crippen LogP contribution in [0.3, 0.4) is 0 Å². The van der Waals surface area contributed by atoms with Crippen molar-refractivity contribution in [3.05, 3.63) is 58.9 Å². The van der Waals surface area contributed by atoms with Crippen molar-refractivity contribution < 1.29 is 4.79 Å². The summed E-state index contributed by atoms with van der Waals surface area (Å²) in [6.45, 7) is 3.21. The van der Waals surface area contributed by atoms with Crippen LogP contribution in [0.15, 0.2) is 42.6 Å². The molecule has 5 heteroatoms. The van der Waals surface area contributed by atoms with Crippen LogP contribution in [-0.2, 0) is 6.54 Å². The van der Waals surface area contributed by atoms with Crippen LogP contribution in [0, 0.1) is 0 Å². The first kappa shape index (κ1) is 14.3. The number of carbonyl (C=O) groups excluding carboxylic acids is 1. The van der Waals surface area contributed by atoms with E-state index in [1.807, 2.05) is 31.2 Å². The molecule has 1 aromatic heterocycles. The van der Waals surface area contributed by atoms with Crippen LogP contribution in [0.2, 0.25) is 5.02 Å². The molecule has 0 unspecified atom stereocenters. The Morgan fingerprint density at radius 2 is 2.05 bits per heavy atom. The first-order valence-corrected chi connectivity index (χ1v) is 6.80. The van der Waals surface area contributed by atoms with Gasteiger partial charge in [0.2, 0.25) is 0 Å². The van der Waals surface area contributed by atoms with Crippen LogP contribution in [0.5, 0.6) is 0 Å². The number of hydrogen-bond donors (Lipinski definition) is 2. The van der Waals surface area contributed by atoms with Gasteiger partial charge in [-0.3, -0.25) is 4.79 Å². The van der Waals surface area contributed by atoms with Gasteiger partial charge in [-0.15, -0.1) is 0 Å². The minimum absolute atomic E-state index is 0.215. The highest BCUT2D eigenvalue weighted by molar-refractivity contribution is 6.31. The molecule has 0 fully saturated rings. The molecule has 0 bridgehead atoms. The summed E-state index contributed by atoms with van der Waals surface area (Å²) < 4.78 is 0. The van der Waals surface area contributed by atoms with Crippen LogP contribution in [-0.4, -0.2) is 17.4 Å². The predicted molar refractivity (Wildman–Crippen MR) is 81.0 cm³/mol. The Morgan fingerprint density at radius 3 is 2.70 bits per heavy atom. The van der Waals surface area contributed by atoms with E-state index in [-0.39, 0.29) is 5.91 Å². The molecule has 0 saturated heterocycles.